The minimum Gasteiger partial charge on any atom is -0.465 e. The number of nitrogens with zero attached hydrogens (tertiary/aromatic N) is 3. The molecule has 0 radical (unpaired) electrons. The number of ether oxygens (including phenoxy) is 1. The Balaban J connectivity index is 1.88. The molecule has 0 unspecified atom stereocenters. The lowest BCUT2D eigenvalue weighted by atomic mass is 10.2. The summed E-state index contributed by atoms with van der Waals surface area (Å²) in [6.45, 7) is 3.61. The zero-order chi connectivity index (χ0) is 19.9. The van der Waals surface area contributed by atoms with Crippen molar-refractivity contribution >= 4 is 11.9 Å². The van der Waals surface area contributed by atoms with Gasteiger partial charge in [-0.3, -0.25) is 14.6 Å². The Morgan fingerprint density at radius 3 is 2.54 bits per heavy atom. The average Bonchev–Trinajstić information content (AvgIpc) is 3.10. The van der Waals surface area contributed by atoms with Gasteiger partial charge in [0.2, 0.25) is 11.7 Å². The van der Waals surface area contributed by atoms with Crippen LogP contribution in [-0.4, -0.2) is 39.9 Å². The molecule has 0 saturated carbocycles. The van der Waals surface area contributed by atoms with E-state index < -0.39 is 11.9 Å². The van der Waals surface area contributed by atoms with Gasteiger partial charge in [0.1, 0.15) is 6.54 Å². The molecule has 0 saturated heterocycles. The third-order valence-corrected chi connectivity index (χ3v) is 4.00. The predicted octanol–water partition coefficient (Wildman–Crippen LogP) is 3.25. The lowest BCUT2D eigenvalue weighted by Crippen LogP contribution is -2.36. The van der Waals surface area contributed by atoms with E-state index in [2.05, 4.69) is 9.97 Å². The van der Waals surface area contributed by atoms with Crippen LogP contribution >= 0.6 is 0 Å². The van der Waals surface area contributed by atoms with Crippen LogP contribution in [0.2, 0.25) is 0 Å². The first-order valence-electron chi connectivity index (χ1n) is 8.96. The van der Waals surface area contributed by atoms with Gasteiger partial charge in [0.05, 0.1) is 24.5 Å². The number of hydrogen-bond donors (Lipinski definition) is 0. The van der Waals surface area contributed by atoms with Crippen LogP contribution in [0.3, 0.4) is 0 Å². The van der Waals surface area contributed by atoms with Crippen molar-refractivity contribution in [2.45, 2.75) is 20.4 Å². The Hall–Kier alpha value is -3.48. The van der Waals surface area contributed by atoms with Gasteiger partial charge in [0.15, 0.2) is 0 Å². The van der Waals surface area contributed by atoms with Crippen molar-refractivity contribution in [3.05, 3.63) is 71.9 Å². The van der Waals surface area contributed by atoms with Crippen LogP contribution in [-0.2, 0) is 16.1 Å². The van der Waals surface area contributed by atoms with E-state index >= 15 is 0 Å². The fourth-order valence-electron chi connectivity index (χ4n) is 2.69. The molecule has 144 valence electrons. The molecule has 0 fully saturated rings. The first kappa shape index (κ1) is 19.3. The van der Waals surface area contributed by atoms with Crippen LogP contribution in [0.5, 0.6) is 0 Å². The zero-order valence-electron chi connectivity index (χ0n) is 15.8. The number of rotatable bonds is 7. The molecule has 3 rings (SSSR count). The second-order valence-electron chi connectivity index (χ2n) is 6.09. The number of aryl methyl sites for hydroxylation is 1. The van der Waals surface area contributed by atoms with E-state index in [-0.39, 0.29) is 25.5 Å². The molecule has 3 aromatic rings. The summed E-state index contributed by atoms with van der Waals surface area (Å²) in [7, 11) is 0. The van der Waals surface area contributed by atoms with E-state index in [0.717, 1.165) is 5.56 Å². The van der Waals surface area contributed by atoms with Crippen LogP contribution in [0.25, 0.3) is 11.5 Å². The van der Waals surface area contributed by atoms with E-state index in [9.17, 15) is 9.59 Å². The van der Waals surface area contributed by atoms with Crippen molar-refractivity contribution in [3.63, 3.8) is 0 Å². The van der Waals surface area contributed by atoms with Crippen molar-refractivity contribution in [1.29, 1.82) is 0 Å². The Morgan fingerprint density at radius 1 is 1.11 bits per heavy atom. The van der Waals surface area contributed by atoms with Crippen LogP contribution < -0.4 is 0 Å². The fourth-order valence-corrected chi connectivity index (χ4v) is 2.69. The lowest BCUT2D eigenvalue weighted by molar-refractivity contribution is -0.144. The number of pyridine rings is 1. The molecule has 0 spiro atoms. The monoisotopic (exact) mass is 379 g/mol. The molecule has 0 aliphatic rings. The molecule has 28 heavy (non-hydrogen) atoms. The van der Waals surface area contributed by atoms with E-state index in [1.165, 1.54) is 4.90 Å². The first-order valence-corrected chi connectivity index (χ1v) is 8.96. The summed E-state index contributed by atoms with van der Waals surface area (Å²) in [6.07, 6.45) is 1.63. The highest BCUT2D eigenvalue weighted by atomic mass is 16.5. The molecule has 0 bridgehead atoms. The molecule has 2 aromatic heterocycles. The molecule has 0 aliphatic carbocycles. The highest BCUT2D eigenvalue weighted by Crippen LogP contribution is 2.23. The molecular formula is C21H21N3O4. The number of benzene rings is 1. The van der Waals surface area contributed by atoms with Gasteiger partial charge < -0.3 is 14.1 Å². The fraction of sp³-hybridized carbons (Fsp3) is 0.238. The first-order chi connectivity index (χ1) is 13.6. The normalized spacial score (nSPS) is 10.5. The minimum absolute atomic E-state index is 0.0964. The number of esters is 1. The predicted molar refractivity (Wildman–Crippen MR) is 102 cm³/mol. The summed E-state index contributed by atoms with van der Waals surface area (Å²) < 4.78 is 10.7. The molecular weight excluding hydrogens is 358 g/mol. The number of amides is 1. The van der Waals surface area contributed by atoms with Gasteiger partial charge >= 0.3 is 5.97 Å². The standard InChI is InChI=1S/C21H21N3O4/c1-3-27-18(25)14-24(13-17-11-7-8-12-22-17)21(26)19-15(2)23-20(28-19)16-9-5-4-6-10-16/h4-12H,3,13-14H2,1-2H3. The van der Waals surface area contributed by atoms with Crippen LogP contribution in [0.1, 0.15) is 28.9 Å². The second kappa shape index (κ2) is 8.94. The Bertz CT molecular complexity index is 939. The maximum absolute atomic E-state index is 13.1. The summed E-state index contributed by atoms with van der Waals surface area (Å²) in [6, 6.07) is 14.7. The average molecular weight is 379 g/mol. The summed E-state index contributed by atoms with van der Waals surface area (Å²) >= 11 is 0. The highest BCUT2D eigenvalue weighted by Gasteiger charge is 2.26. The van der Waals surface area contributed by atoms with Crippen molar-refractivity contribution in [3.8, 4) is 11.5 Å². The van der Waals surface area contributed by atoms with Gasteiger partial charge in [-0.25, -0.2) is 4.98 Å². The summed E-state index contributed by atoms with van der Waals surface area (Å²) in [5, 5.41) is 0. The van der Waals surface area contributed by atoms with Crippen molar-refractivity contribution < 1.29 is 18.7 Å². The molecule has 0 atom stereocenters. The van der Waals surface area contributed by atoms with Crippen LogP contribution in [0, 0.1) is 6.92 Å². The van der Waals surface area contributed by atoms with Gasteiger partial charge in [0.25, 0.3) is 5.91 Å². The molecule has 0 aliphatic heterocycles. The molecule has 1 amide bonds. The third-order valence-electron chi connectivity index (χ3n) is 4.00. The van der Waals surface area contributed by atoms with Gasteiger partial charge in [-0.1, -0.05) is 24.3 Å². The summed E-state index contributed by atoms with van der Waals surface area (Å²) in [5.41, 5.74) is 1.88. The molecule has 0 N–H and O–H groups in total. The number of carbonyl (C=O) groups excluding carboxylic acids is 2. The zero-order valence-corrected chi connectivity index (χ0v) is 15.8. The van der Waals surface area contributed by atoms with Crippen LogP contribution in [0.15, 0.2) is 59.1 Å². The molecule has 7 nitrogen and oxygen atoms in total. The largest absolute Gasteiger partial charge is 0.465 e. The Morgan fingerprint density at radius 2 is 1.86 bits per heavy atom. The number of aromatic nitrogens is 2. The molecule has 7 heteroatoms. The highest BCUT2D eigenvalue weighted by molar-refractivity contribution is 5.94. The SMILES string of the molecule is CCOC(=O)CN(Cc1ccccn1)C(=O)c1oc(-c2ccccc2)nc1C. The van der Waals surface area contributed by atoms with Gasteiger partial charge in [-0.05, 0) is 38.1 Å². The summed E-state index contributed by atoms with van der Waals surface area (Å²) in [5.74, 6) is -0.479. The molecule has 2 heterocycles. The van der Waals surface area contributed by atoms with E-state index in [1.807, 2.05) is 36.4 Å². The van der Waals surface area contributed by atoms with E-state index in [4.69, 9.17) is 9.15 Å². The second-order valence-corrected chi connectivity index (χ2v) is 6.09. The van der Waals surface area contributed by atoms with Gasteiger partial charge in [-0.15, -0.1) is 0 Å². The van der Waals surface area contributed by atoms with Crippen molar-refractivity contribution in [2.24, 2.45) is 0 Å². The lowest BCUT2D eigenvalue weighted by Gasteiger charge is -2.20. The number of carbonyl (C=O) groups is 2. The number of hydrogen-bond acceptors (Lipinski definition) is 6. The summed E-state index contributed by atoms with van der Waals surface area (Å²) in [4.78, 5) is 35.1. The third kappa shape index (κ3) is 4.62. The van der Waals surface area contributed by atoms with E-state index in [0.29, 0.717) is 17.3 Å². The van der Waals surface area contributed by atoms with Crippen molar-refractivity contribution in [1.82, 2.24) is 14.9 Å². The Labute approximate surface area is 163 Å². The minimum atomic E-state index is -0.493. The Kier molecular flexibility index (Phi) is 6.16. The molecule has 1 aromatic carbocycles. The van der Waals surface area contributed by atoms with Gasteiger partial charge in [0, 0.05) is 11.8 Å². The van der Waals surface area contributed by atoms with Crippen LogP contribution in [0.4, 0.5) is 0 Å². The van der Waals surface area contributed by atoms with E-state index in [1.54, 1.807) is 32.2 Å². The van der Waals surface area contributed by atoms with Gasteiger partial charge in [-0.2, -0.15) is 0 Å². The maximum atomic E-state index is 13.1. The topological polar surface area (TPSA) is 85.5 Å². The maximum Gasteiger partial charge on any atom is 0.325 e. The number of oxazole rings is 1. The smallest absolute Gasteiger partial charge is 0.325 e. The quantitative estimate of drug-likeness (QED) is 0.586. The van der Waals surface area contributed by atoms with Crippen molar-refractivity contribution in [2.75, 3.05) is 13.2 Å².